The van der Waals surface area contributed by atoms with Crippen molar-refractivity contribution in [1.29, 1.82) is 0 Å². The Morgan fingerprint density at radius 1 is 0.500 bits per heavy atom. The van der Waals surface area contributed by atoms with Gasteiger partial charge in [-0.3, -0.25) is 0 Å². The van der Waals surface area contributed by atoms with Gasteiger partial charge in [0, 0.05) is 17.1 Å². The van der Waals surface area contributed by atoms with E-state index in [1.54, 1.807) is 0 Å². The van der Waals surface area contributed by atoms with E-state index in [1.807, 2.05) is 0 Å². The van der Waals surface area contributed by atoms with Gasteiger partial charge < -0.3 is 43.3 Å². The summed E-state index contributed by atoms with van der Waals surface area (Å²) in [5.74, 6) is 0. The average molecular weight is 218 g/mol. The molecule has 1 nitrogen and oxygen atoms in total. The predicted octanol–water partition coefficient (Wildman–Crippen LogP) is 2.96. The summed E-state index contributed by atoms with van der Waals surface area (Å²) in [4.78, 5) is 0. The Morgan fingerprint density at radius 2 is 0.500 bits per heavy atom. The molecule has 0 bridgehead atoms. The van der Waals surface area contributed by atoms with Crippen molar-refractivity contribution in [1.82, 2.24) is 0 Å². The van der Waals surface area contributed by atoms with Crippen molar-refractivity contribution in [3.8, 4) is 0 Å². The molecule has 8 heavy (non-hydrogen) atoms. The fourth-order valence-electron chi connectivity index (χ4n) is 0. The summed E-state index contributed by atoms with van der Waals surface area (Å²) in [6.45, 7) is 0. The zero-order chi connectivity index (χ0) is 0. The summed E-state index contributed by atoms with van der Waals surface area (Å²) in [5, 5.41) is 0. The molecule has 0 saturated heterocycles. The van der Waals surface area contributed by atoms with Gasteiger partial charge in [-0.05, 0) is 0 Å². The molecule has 0 aliphatic rings. The van der Waals surface area contributed by atoms with Crippen molar-refractivity contribution in [2.75, 3.05) is 0 Å². The van der Waals surface area contributed by atoms with E-state index in [0.29, 0.717) is 0 Å². The predicted molar refractivity (Wildman–Crippen MR) is 37.4 cm³/mol. The Bertz CT molecular complexity index is 10.4. The van der Waals surface area contributed by atoms with Crippen LogP contribution in [0.25, 0.3) is 6.15 Å². The van der Waals surface area contributed by atoms with E-state index in [-0.39, 0.29) is 77.4 Å². The fraction of sp³-hybridized carbons (Fsp3) is 0. The first-order valence-electron chi connectivity index (χ1n) is 0. The minimum absolute atomic E-state index is 0. The quantitative estimate of drug-likeness (QED) is 0.442. The molecule has 0 aromatic rings. The van der Waals surface area contributed by atoms with Gasteiger partial charge in [0.05, 0.1) is 0 Å². The third-order valence-corrected chi connectivity index (χ3v) is 0. The fourth-order valence-corrected chi connectivity index (χ4v) is 0. The average Bonchev–Trinajstić information content (AvgIpc) is 0. The molecule has 0 fully saturated rings. The minimum atomic E-state index is 0. The third-order valence-electron chi connectivity index (χ3n) is 0. The van der Waals surface area contributed by atoms with Crippen LogP contribution >= 0.6 is 0 Å². The zero-order valence-corrected chi connectivity index (χ0v) is 8.06. The minimum Gasteiger partial charge on any atom is -0.693 e. The molecule has 0 aliphatic carbocycles. The number of hydrogen-bond acceptors (Lipinski definition) is 0. The Morgan fingerprint density at radius 3 is 0.500 bits per heavy atom. The first kappa shape index (κ1) is 577. The van der Waals surface area contributed by atoms with Crippen LogP contribution in [0.1, 0.15) is 0 Å². The van der Waals surface area contributed by atoms with E-state index in [4.69, 9.17) is 0 Å². The molecule has 0 atom stereocenters. The van der Waals surface area contributed by atoms with Crippen LogP contribution in [0.3, 0.4) is 0 Å². The largest absolute Gasteiger partial charge is 2.00 e. The molecule has 0 heterocycles. The van der Waals surface area contributed by atoms with Gasteiger partial charge in [0.25, 0.3) is 0 Å². The second kappa shape index (κ2) is 393. The summed E-state index contributed by atoms with van der Waals surface area (Å²) >= 11 is 0. The van der Waals surface area contributed by atoms with Gasteiger partial charge in [-0.25, -0.2) is 0 Å². The summed E-state index contributed by atoms with van der Waals surface area (Å²) in [6, 6.07) is 0. The summed E-state index contributed by atoms with van der Waals surface area (Å²) in [5.41, 5.74) is 0. The molecule has 2 N–H and O–H groups in total. The van der Waals surface area contributed by atoms with Gasteiger partial charge in [0.15, 0.2) is 0 Å². The summed E-state index contributed by atoms with van der Waals surface area (Å²) in [6.07, 6.45) is 0. The van der Waals surface area contributed by atoms with Crippen molar-refractivity contribution >= 4 is 0 Å². The van der Waals surface area contributed by atoms with Crippen molar-refractivity contribution in [2.24, 2.45) is 0 Å². The molecular formula is C5H17Cu2N-4. The van der Waals surface area contributed by atoms with Gasteiger partial charge in [0.2, 0.25) is 0 Å². The van der Waals surface area contributed by atoms with E-state index in [0.717, 1.165) is 0 Å². The normalized spacial score (nSPS) is 0. The summed E-state index contributed by atoms with van der Waals surface area (Å²) in [7, 11) is 0. The van der Waals surface area contributed by atoms with Gasteiger partial charge >= 0.3 is 17.1 Å². The Kier molecular flexibility index (Phi) is 28300. The molecule has 0 spiro atoms. The molecular weight excluding hydrogens is 201 g/mol. The van der Waals surface area contributed by atoms with Gasteiger partial charge in [-0.15, -0.1) is 0 Å². The van der Waals surface area contributed by atoms with Crippen molar-refractivity contribution in [3.05, 3.63) is 43.3 Å². The SMILES string of the molecule is [CH3-].[CH3-].[CH3-].[CH3-].[CH3-].[Cu+2].[Cu].[NH2-]. The monoisotopic (exact) mass is 217 g/mol. The van der Waals surface area contributed by atoms with Crippen molar-refractivity contribution < 1.29 is 34.1 Å². The number of nitrogens with two attached hydrogens (primary N) is 1. The number of hydrogen-bond donors (Lipinski definition) is 0. The zero-order valence-electron chi connectivity index (χ0n) is 6.18. The van der Waals surface area contributed by atoms with Gasteiger partial charge in [0.1, 0.15) is 0 Å². The Labute approximate surface area is 77.5 Å². The Hall–Kier alpha value is 0.999. The molecule has 0 unspecified atom stereocenters. The summed E-state index contributed by atoms with van der Waals surface area (Å²) < 4.78 is 0. The van der Waals surface area contributed by atoms with E-state index in [2.05, 4.69) is 0 Å². The molecule has 0 amide bonds. The van der Waals surface area contributed by atoms with Crippen LogP contribution in [0.15, 0.2) is 0 Å². The topological polar surface area (TPSA) is 33.5 Å². The first-order chi connectivity index (χ1) is 0. The second-order valence-corrected chi connectivity index (χ2v) is 0. The maximum atomic E-state index is 0. The van der Waals surface area contributed by atoms with Crippen LogP contribution in [0.5, 0.6) is 0 Å². The van der Waals surface area contributed by atoms with Crippen LogP contribution in [0, 0.1) is 37.1 Å². The molecule has 2 radical (unpaired) electrons. The van der Waals surface area contributed by atoms with E-state index in [1.165, 1.54) is 0 Å². The smallest absolute Gasteiger partial charge is 0.693 e. The molecule has 68 valence electrons. The van der Waals surface area contributed by atoms with Crippen molar-refractivity contribution in [3.63, 3.8) is 0 Å². The Balaban J connectivity index is 0. The van der Waals surface area contributed by atoms with Crippen LogP contribution in [-0.4, -0.2) is 0 Å². The molecule has 0 aromatic carbocycles. The molecule has 0 rings (SSSR count). The third kappa shape index (κ3) is 252. The van der Waals surface area contributed by atoms with Gasteiger partial charge in [-0.2, -0.15) is 0 Å². The maximum Gasteiger partial charge on any atom is 2.00 e. The van der Waals surface area contributed by atoms with E-state index < -0.39 is 0 Å². The van der Waals surface area contributed by atoms with Crippen molar-refractivity contribution in [2.45, 2.75) is 0 Å². The van der Waals surface area contributed by atoms with Crippen LogP contribution in [0.4, 0.5) is 0 Å². The van der Waals surface area contributed by atoms with E-state index in [9.17, 15) is 0 Å². The first-order valence-corrected chi connectivity index (χ1v) is 0. The molecule has 3 heteroatoms. The maximum absolute atomic E-state index is 0. The van der Waals surface area contributed by atoms with Crippen LogP contribution < -0.4 is 0 Å². The molecule has 0 aromatic heterocycles. The van der Waals surface area contributed by atoms with Crippen LogP contribution in [-0.2, 0) is 34.1 Å². The van der Waals surface area contributed by atoms with Crippen LogP contribution in [0.2, 0.25) is 0 Å². The molecule has 0 aliphatic heterocycles. The number of rotatable bonds is 0. The molecule has 0 saturated carbocycles. The van der Waals surface area contributed by atoms with Gasteiger partial charge in [-0.1, -0.05) is 0 Å². The standard InChI is InChI=1S/5CH3.2Cu.H2N/h5*1H3;;;1H2/q5*-1;;+2;-1. The van der Waals surface area contributed by atoms with E-state index >= 15 is 0 Å². The second-order valence-electron chi connectivity index (χ2n) is 0.